The van der Waals surface area contributed by atoms with Gasteiger partial charge >= 0.3 is 0 Å². The van der Waals surface area contributed by atoms with Crippen molar-refractivity contribution in [3.05, 3.63) is 35.4 Å². The molecule has 3 heteroatoms. The standard InChI is InChI=1S/C17H27NO2/c1-14(2)7-10-19-12-9-18-13-17-16-6-4-3-5-15(16)8-11-20-17/h3-6,14,17-18H,7-13H2,1-2H3. The van der Waals surface area contributed by atoms with E-state index in [0.29, 0.717) is 0 Å². The molecule has 1 aliphatic rings. The third-order valence-electron chi connectivity index (χ3n) is 3.68. The van der Waals surface area contributed by atoms with Crippen LogP contribution in [0.15, 0.2) is 24.3 Å². The Morgan fingerprint density at radius 2 is 2.15 bits per heavy atom. The van der Waals surface area contributed by atoms with Gasteiger partial charge in [-0.1, -0.05) is 38.1 Å². The quantitative estimate of drug-likeness (QED) is 0.741. The lowest BCUT2D eigenvalue weighted by Crippen LogP contribution is -2.29. The zero-order chi connectivity index (χ0) is 14.2. The van der Waals surface area contributed by atoms with Gasteiger partial charge in [0.2, 0.25) is 0 Å². The van der Waals surface area contributed by atoms with Gasteiger partial charge in [0.1, 0.15) is 0 Å². The average Bonchev–Trinajstić information content (AvgIpc) is 2.46. The van der Waals surface area contributed by atoms with Gasteiger partial charge < -0.3 is 14.8 Å². The second kappa shape index (κ2) is 8.40. The first-order valence-corrected chi connectivity index (χ1v) is 7.75. The third-order valence-corrected chi connectivity index (χ3v) is 3.68. The van der Waals surface area contributed by atoms with E-state index in [1.807, 2.05) is 0 Å². The number of hydrogen-bond donors (Lipinski definition) is 1. The molecule has 1 aromatic rings. The van der Waals surface area contributed by atoms with Crippen LogP contribution < -0.4 is 5.32 Å². The van der Waals surface area contributed by atoms with E-state index in [1.54, 1.807) is 0 Å². The number of nitrogens with one attached hydrogen (secondary N) is 1. The Kier molecular flexibility index (Phi) is 6.51. The minimum atomic E-state index is 0.190. The third kappa shape index (κ3) is 4.89. The molecule has 0 amide bonds. The van der Waals surface area contributed by atoms with Crippen LogP contribution in [0.2, 0.25) is 0 Å². The van der Waals surface area contributed by atoms with Crippen LogP contribution in [-0.4, -0.2) is 32.9 Å². The minimum absolute atomic E-state index is 0.190. The van der Waals surface area contributed by atoms with Crippen molar-refractivity contribution >= 4 is 0 Å². The zero-order valence-electron chi connectivity index (χ0n) is 12.7. The van der Waals surface area contributed by atoms with Crippen LogP contribution in [0.25, 0.3) is 0 Å². The molecule has 0 radical (unpaired) electrons. The smallest absolute Gasteiger partial charge is 0.0952 e. The number of benzene rings is 1. The van der Waals surface area contributed by atoms with Crippen molar-refractivity contribution in [3.63, 3.8) is 0 Å². The summed E-state index contributed by atoms with van der Waals surface area (Å²) in [6.45, 7) is 8.67. The van der Waals surface area contributed by atoms with E-state index in [1.165, 1.54) is 11.1 Å². The van der Waals surface area contributed by atoms with Gasteiger partial charge in [0, 0.05) is 19.7 Å². The highest BCUT2D eigenvalue weighted by molar-refractivity contribution is 5.31. The monoisotopic (exact) mass is 277 g/mol. The predicted molar refractivity (Wildman–Crippen MR) is 82.0 cm³/mol. The Balaban J connectivity index is 1.63. The van der Waals surface area contributed by atoms with Crippen molar-refractivity contribution in [1.29, 1.82) is 0 Å². The lowest BCUT2D eigenvalue weighted by atomic mass is 9.97. The van der Waals surface area contributed by atoms with Gasteiger partial charge in [-0.05, 0) is 29.9 Å². The van der Waals surface area contributed by atoms with Crippen molar-refractivity contribution in [3.8, 4) is 0 Å². The van der Waals surface area contributed by atoms with Crippen LogP contribution in [0, 0.1) is 5.92 Å². The summed E-state index contributed by atoms with van der Waals surface area (Å²) in [7, 11) is 0. The number of hydrogen-bond acceptors (Lipinski definition) is 3. The molecule has 0 aromatic heterocycles. The van der Waals surface area contributed by atoms with Gasteiger partial charge in [-0.2, -0.15) is 0 Å². The predicted octanol–water partition coefficient (Wildman–Crippen LogP) is 2.95. The largest absolute Gasteiger partial charge is 0.380 e. The van der Waals surface area contributed by atoms with Gasteiger partial charge in [-0.3, -0.25) is 0 Å². The van der Waals surface area contributed by atoms with Gasteiger partial charge in [-0.15, -0.1) is 0 Å². The van der Waals surface area contributed by atoms with E-state index in [0.717, 1.165) is 51.7 Å². The van der Waals surface area contributed by atoms with E-state index in [-0.39, 0.29) is 6.10 Å². The average molecular weight is 277 g/mol. The number of fused-ring (bicyclic) bond motifs is 1. The van der Waals surface area contributed by atoms with Crippen molar-refractivity contribution in [2.24, 2.45) is 5.92 Å². The molecule has 0 bridgehead atoms. The second-order valence-electron chi connectivity index (χ2n) is 5.81. The van der Waals surface area contributed by atoms with Crippen molar-refractivity contribution in [2.45, 2.75) is 32.8 Å². The maximum Gasteiger partial charge on any atom is 0.0952 e. The molecule has 3 nitrogen and oxygen atoms in total. The maximum atomic E-state index is 5.86. The molecule has 1 unspecified atom stereocenters. The molecule has 1 aromatic carbocycles. The number of ether oxygens (including phenoxy) is 2. The van der Waals surface area contributed by atoms with E-state index >= 15 is 0 Å². The van der Waals surface area contributed by atoms with Crippen molar-refractivity contribution in [2.75, 3.05) is 32.9 Å². The molecule has 1 heterocycles. The molecule has 0 aliphatic carbocycles. The molecular formula is C17H27NO2. The Bertz CT molecular complexity index is 392. The highest BCUT2D eigenvalue weighted by atomic mass is 16.5. The molecule has 112 valence electrons. The number of rotatable bonds is 8. The molecule has 20 heavy (non-hydrogen) atoms. The molecule has 0 saturated carbocycles. The van der Waals surface area contributed by atoms with E-state index in [9.17, 15) is 0 Å². The summed E-state index contributed by atoms with van der Waals surface area (Å²) in [5.74, 6) is 0.718. The topological polar surface area (TPSA) is 30.5 Å². The molecule has 2 rings (SSSR count). The fraction of sp³-hybridized carbons (Fsp3) is 0.647. The van der Waals surface area contributed by atoms with Crippen LogP contribution in [0.3, 0.4) is 0 Å². The lowest BCUT2D eigenvalue weighted by molar-refractivity contribution is 0.0405. The van der Waals surface area contributed by atoms with E-state index in [4.69, 9.17) is 9.47 Å². The van der Waals surface area contributed by atoms with Crippen LogP contribution in [-0.2, 0) is 15.9 Å². The molecule has 1 aliphatic heterocycles. The second-order valence-corrected chi connectivity index (χ2v) is 5.81. The van der Waals surface area contributed by atoms with Crippen molar-refractivity contribution < 1.29 is 9.47 Å². The Hall–Kier alpha value is -0.900. The maximum absolute atomic E-state index is 5.86. The summed E-state index contributed by atoms with van der Waals surface area (Å²) in [5.41, 5.74) is 2.77. The Morgan fingerprint density at radius 3 is 3.00 bits per heavy atom. The fourth-order valence-corrected chi connectivity index (χ4v) is 2.44. The summed E-state index contributed by atoms with van der Waals surface area (Å²) >= 11 is 0. The van der Waals surface area contributed by atoms with Crippen LogP contribution in [0.4, 0.5) is 0 Å². The summed E-state index contributed by atoms with van der Waals surface area (Å²) in [6.07, 6.45) is 2.36. The van der Waals surface area contributed by atoms with Crippen molar-refractivity contribution in [1.82, 2.24) is 5.32 Å². The van der Waals surface area contributed by atoms with Gasteiger partial charge in [0.15, 0.2) is 0 Å². The summed E-state index contributed by atoms with van der Waals surface area (Å²) in [6, 6.07) is 8.59. The van der Waals surface area contributed by atoms with Crippen LogP contribution in [0.1, 0.15) is 37.5 Å². The minimum Gasteiger partial charge on any atom is -0.380 e. The summed E-state index contributed by atoms with van der Waals surface area (Å²) in [4.78, 5) is 0. The fourth-order valence-electron chi connectivity index (χ4n) is 2.44. The summed E-state index contributed by atoms with van der Waals surface area (Å²) in [5, 5.41) is 3.43. The van der Waals surface area contributed by atoms with Gasteiger partial charge in [0.05, 0.1) is 19.3 Å². The molecule has 1 N–H and O–H groups in total. The Labute approximate surface area is 122 Å². The molecular weight excluding hydrogens is 250 g/mol. The summed E-state index contributed by atoms with van der Waals surface area (Å²) < 4.78 is 11.5. The van der Waals surface area contributed by atoms with Gasteiger partial charge in [0.25, 0.3) is 0 Å². The molecule has 0 fully saturated rings. The normalized spacial score (nSPS) is 18.2. The first-order valence-electron chi connectivity index (χ1n) is 7.75. The lowest BCUT2D eigenvalue weighted by Gasteiger charge is -2.26. The first kappa shape index (κ1) is 15.5. The molecule has 1 atom stereocenters. The highest BCUT2D eigenvalue weighted by Crippen LogP contribution is 2.25. The van der Waals surface area contributed by atoms with E-state index < -0.39 is 0 Å². The van der Waals surface area contributed by atoms with Gasteiger partial charge in [-0.25, -0.2) is 0 Å². The Morgan fingerprint density at radius 1 is 1.30 bits per heavy atom. The van der Waals surface area contributed by atoms with E-state index in [2.05, 4.69) is 43.4 Å². The molecule has 0 spiro atoms. The highest BCUT2D eigenvalue weighted by Gasteiger charge is 2.19. The molecule has 0 saturated heterocycles. The SMILES string of the molecule is CC(C)CCOCCNCC1OCCc2ccccc21. The van der Waals surface area contributed by atoms with Crippen LogP contribution >= 0.6 is 0 Å². The zero-order valence-corrected chi connectivity index (χ0v) is 12.7. The first-order chi connectivity index (χ1) is 9.77. The van der Waals surface area contributed by atoms with Crippen LogP contribution in [0.5, 0.6) is 0 Å².